The van der Waals surface area contributed by atoms with Gasteiger partial charge in [0.1, 0.15) is 5.69 Å². The van der Waals surface area contributed by atoms with Gasteiger partial charge in [-0.3, -0.25) is 9.78 Å². The van der Waals surface area contributed by atoms with Crippen LogP contribution in [-0.2, 0) is 6.54 Å². The number of thiophene rings is 1. The van der Waals surface area contributed by atoms with Crippen LogP contribution in [0.3, 0.4) is 0 Å². The Morgan fingerprint density at radius 3 is 3.00 bits per heavy atom. The molecule has 0 atom stereocenters. The molecule has 1 amide bonds. The molecule has 0 unspecified atom stereocenters. The Kier molecular flexibility index (Phi) is 3.75. The maximum Gasteiger partial charge on any atom is 0.267 e. The molecule has 2 rings (SSSR count). The third-order valence-corrected chi connectivity index (χ3v) is 3.80. The monoisotopic (exact) mass is 311 g/mol. The first kappa shape index (κ1) is 12.1. The Balaban J connectivity index is 2.04. The molecule has 0 aliphatic carbocycles. The first-order valence-electron chi connectivity index (χ1n) is 4.88. The molecule has 0 spiro atoms. The first-order valence-corrected chi connectivity index (χ1v) is 6.55. The summed E-state index contributed by atoms with van der Waals surface area (Å²) in [5.41, 5.74) is 6.26. The summed E-state index contributed by atoms with van der Waals surface area (Å²) in [5, 5.41) is 5.24. The third-order valence-electron chi connectivity index (χ3n) is 2.10. The number of halogens is 1. The van der Waals surface area contributed by atoms with Crippen molar-refractivity contribution in [1.29, 1.82) is 0 Å². The molecule has 2 heterocycles. The zero-order valence-corrected chi connectivity index (χ0v) is 11.2. The van der Waals surface area contributed by atoms with Crippen LogP contribution in [0.1, 0.15) is 15.4 Å². The number of nitrogens with one attached hydrogen (secondary N) is 1. The Labute approximate surface area is 111 Å². The molecular weight excluding hydrogens is 302 g/mol. The number of aromatic nitrogens is 1. The second-order valence-electron chi connectivity index (χ2n) is 3.38. The number of hydrogen-bond acceptors (Lipinski definition) is 4. The molecule has 0 fully saturated rings. The van der Waals surface area contributed by atoms with Gasteiger partial charge in [-0.2, -0.15) is 0 Å². The standard InChI is InChI=1S/C11H10BrN3OS/c12-7-3-9(17-6-7)5-15-8-1-2-14-10(4-8)11(13)16/h1-4,6H,5H2,(H2,13,16)(H,14,15). The van der Waals surface area contributed by atoms with E-state index < -0.39 is 5.91 Å². The number of nitrogens with two attached hydrogens (primary N) is 1. The lowest BCUT2D eigenvalue weighted by molar-refractivity contribution is 0.0995. The maximum atomic E-state index is 11.0. The molecule has 2 aromatic rings. The molecule has 0 aromatic carbocycles. The number of carbonyl (C=O) groups excluding carboxylic acids is 1. The van der Waals surface area contributed by atoms with Crippen LogP contribution in [-0.4, -0.2) is 10.9 Å². The van der Waals surface area contributed by atoms with E-state index in [1.54, 1.807) is 29.7 Å². The van der Waals surface area contributed by atoms with Gasteiger partial charge >= 0.3 is 0 Å². The van der Waals surface area contributed by atoms with Crippen LogP contribution in [0.4, 0.5) is 5.69 Å². The topological polar surface area (TPSA) is 68.0 Å². The van der Waals surface area contributed by atoms with Crippen molar-refractivity contribution in [3.8, 4) is 0 Å². The summed E-state index contributed by atoms with van der Waals surface area (Å²) in [6.07, 6.45) is 1.56. The zero-order chi connectivity index (χ0) is 12.3. The van der Waals surface area contributed by atoms with Crippen molar-refractivity contribution in [1.82, 2.24) is 4.98 Å². The molecule has 0 saturated heterocycles. The van der Waals surface area contributed by atoms with Crippen LogP contribution in [0.5, 0.6) is 0 Å². The van der Waals surface area contributed by atoms with E-state index in [0.29, 0.717) is 6.54 Å². The molecular formula is C11H10BrN3OS. The van der Waals surface area contributed by atoms with Crippen LogP contribution in [0.2, 0.25) is 0 Å². The molecule has 6 heteroatoms. The van der Waals surface area contributed by atoms with Gasteiger partial charge in [-0.15, -0.1) is 11.3 Å². The molecule has 0 saturated carbocycles. The molecule has 17 heavy (non-hydrogen) atoms. The molecule has 2 aromatic heterocycles. The largest absolute Gasteiger partial charge is 0.380 e. The average Bonchev–Trinajstić information content (AvgIpc) is 2.73. The highest BCUT2D eigenvalue weighted by atomic mass is 79.9. The van der Waals surface area contributed by atoms with E-state index in [-0.39, 0.29) is 5.69 Å². The summed E-state index contributed by atoms with van der Waals surface area (Å²) in [5.74, 6) is -0.521. The minimum atomic E-state index is -0.521. The fourth-order valence-corrected chi connectivity index (χ4v) is 2.70. The van der Waals surface area contributed by atoms with Gasteiger partial charge in [-0.1, -0.05) is 0 Å². The third kappa shape index (κ3) is 3.28. The second kappa shape index (κ2) is 5.29. The average molecular weight is 312 g/mol. The molecule has 0 aliphatic heterocycles. The molecule has 0 radical (unpaired) electrons. The summed E-state index contributed by atoms with van der Waals surface area (Å²) in [7, 11) is 0. The Bertz CT molecular complexity index is 541. The number of hydrogen-bond donors (Lipinski definition) is 2. The van der Waals surface area contributed by atoms with Crippen molar-refractivity contribution in [3.63, 3.8) is 0 Å². The van der Waals surface area contributed by atoms with Crippen molar-refractivity contribution < 1.29 is 4.79 Å². The van der Waals surface area contributed by atoms with Crippen LogP contribution in [0.25, 0.3) is 0 Å². The van der Waals surface area contributed by atoms with Gasteiger partial charge in [-0.05, 0) is 34.1 Å². The number of anilines is 1. The van der Waals surface area contributed by atoms with Crippen LogP contribution < -0.4 is 11.1 Å². The van der Waals surface area contributed by atoms with Gasteiger partial charge in [0.05, 0.1) is 0 Å². The SMILES string of the molecule is NC(=O)c1cc(NCc2cc(Br)cs2)ccn1. The number of carbonyl (C=O) groups is 1. The van der Waals surface area contributed by atoms with E-state index in [1.165, 1.54) is 4.88 Å². The molecule has 88 valence electrons. The highest BCUT2D eigenvalue weighted by Crippen LogP contribution is 2.20. The van der Waals surface area contributed by atoms with Gasteiger partial charge in [0.15, 0.2) is 0 Å². The summed E-state index contributed by atoms with van der Waals surface area (Å²) in [6.45, 7) is 0.707. The van der Waals surface area contributed by atoms with E-state index in [1.807, 2.05) is 11.4 Å². The molecule has 0 aliphatic rings. The number of rotatable bonds is 4. The molecule has 4 nitrogen and oxygen atoms in total. The zero-order valence-electron chi connectivity index (χ0n) is 8.81. The number of amides is 1. The van der Waals surface area contributed by atoms with Crippen LogP contribution in [0, 0.1) is 0 Å². The highest BCUT2D eigenvalue weighted by molar-refractivity contribution is 9.10. The summed E-state index contributed by atoms with van der Waals surface area (Å²) in [4.78, 5) is 16.0. The van der Waals surface area contributed by atoms with Gasteiger partial charge in [0.2, 0.25) is 0 Å². The Morgan fingerprint density at radius 1 is 1.53 bits per heavy atom. The van der Waals surface area contributed by atoms with Gasteiger partial charge in [-0.25, -0.2) is 0 Å². The number of nitrogens with zero attached hydrogens (tertiary/aromatic N) is 1. The minimum absolute atomic E-state index is 0.266. The van der Waals surface area contributed by atoms with Gasteiger partial charge in [0.25, 0.3) is 5.91 Å². The Hall–Kier alpha value is -1.40. The fourth-order valence-electron chi connectivity index (χ4n) is 1.31. The summed E-state index contributed by atoms with van der Waals surface area (Å²) >= 11 is 5.06. The smallest absolute Gasteiger partial charge is 0.267 e. The summed E-state index contributed by atoms with van der Waals surface area (Å²) < 4.78 is 1.08. The van der Waals surface area contributed by atoms with E-state index in [0.717, 1.165) is 10.2 Å². The van der Waals surface area contributed by atoms with Crippen LogP contribution >= 0.6 is 27.3 Å². The predicted octanol–water partition coefficient (Wildman–Crippen LogP) is 2.62. The fraction of sp³-hybridized carbons (Fsp3) is 0.0909. The lowest BCUT2D eigenvalue weighted by atomic mass is 10.3. The normalized spacial score (nSPS) is 10.2. The lowest BCUT2D eigenvalue weighted by Gasteiger charge is -2.05. The number of primary amides is 1. The van der Waals surface area contributed by atoms with E-state index in [9.17, 15) is 4.79 Å². The van der Waals surface area contributed by atoms with Crippen molar-refractivity contribution in [3.05, 3.63) is 44.8 Å². The highest BCUT2D eigenvalue weighted by Gasteiger charge is 2.03. The summed E-state index contributed by atoms with van der Waals surface area (Å²) in [6, 6.07) is 5.49. The Morgan fingerprint density at radius 2 is 2.35 bits per heavy atom. The maximum absolute atomic E-state index is 11.0. The molecule has 3 N–H and O–H groups in total. The van der Waals surface area contributed by atoms with Crippen molar-refractivity contribution >= 4 is 38.9 Å². The van der Waals surface area contributed by atoms with Gasteiger partial charge < -0.3 is 11.1 Å². The van der Waals surface area contributed by atoms with Crippen molar-refractivity contribution in [2.24, 2.45) is 5.73 Å². The van der Waals surface area contributed by atoms with Crippen molar-refractivity contribution in [2.75, 3.05) is 5.32 Å². The van der Waals surface area contributed by atoms with Crippen LogP contribution in [0.15, 0.2) is 34.2 Å². The van der Waals surface area contributed by atoms with Crippen molar-refractivity contribution in [2.45, 2.75) is 6.54 Å². The minimum Gasteiger partial charge on any atom is -0.380 e. The second-order valence-corrected chi connectivity index (χ2v) is 5.29. The quantitative estimate of drug-likeness (QED) is 0.912. The number of pyridine rings is 1. The van der Waals surface area contributed by atoms with E-state index >= 15 is 0 Å². The first-order chi connectivity index (χ1) is 8.15. The van der Waals surface area contributed by atoms with E-state index in [2.05, 4.69) is 26.2 Å². The van der Waals surface area contributed by atoms with Gasteiger partial charge in [0, 0.05) is 33.2 Å². The molecule has 0 bridgehead atoms. The van der Waals surface area contributed by atoms with E-state index in [4.69, 9.17) is 5.73 Å². The predicted molar refractivity (Wildman–Crippen MR) is 72.1 cm³/mol. The lowest BCUT2D eigenvalue weighted by Crippen LogP contribution is -2.13.